The Hall–Kier alpha value is -0.570. The smallest absolute Gasteiger partial charge is 0.303 e. The first-order valence-electron chi connectivity index (χ1n) is 5.46. The summed E-state index contributed by atoms with van der Waals surface area (Å²) in [5, 5.41) is 18.7. The van der Waals surface area contributed by atoms with Crippen molar-refractivity contribution in [1.29, 1.82) is 0 Å². The molecule has 1 aliphatic carbocycles. The fourth-order valence-electron chi connectivity index (χ4n) is 2.29. The topological polar surface area (TPSA) is 57.5 Å². The summed E-state index contributed by atoms with van der Waals surface area (Å²) < 4.78 is 0. The molecule has 0 aromatic heterocycles. The van der Waals surface area contributed by atoms with Gasteiger partial charge in [-0.25, -0.2) is 0 Å². The van der Waals surface area contributed by atoms with E-state index in [2.05, 4.69) is 0 Å². The second kappa shape index (κ2) is 4.78. The molecular weight excluding hydrogens is 180 g/mol. The van der Waals surface area contributed by atoms with Crippen LogP contribution in [0.1, 0.15) is 51.9 Å². The summed E-state index contributed by atoms with van der Waals surface area (Å²) in [6.07, 6.45) is 6.16. The van der Waals surface area contributed by atoms with Gasteiger partial charge < -0.3 is 10.2 Å². The monoisotopic (exact) mass is 200 g/mol. The Kier molecular flexibility index (Phi) is 3.93. The average Bonchev–Trinajstić information content (AvgIpc) is 2.16. The first-order valence-corrected chi connectivity index (χ1v) is 5.46. The maximum Gasteiger partial charge on any atom is 0.303 e. The van der Waals surface area contributed by atoms with Crippen LogP contribution in [0.25, 0.3) is 0 Å². The first kappa shape index (κ1) is 11.5. The molecule has 1 rings (SSSR count). The summed E-state index contributed by atoms with van der Waals surface area (Å²) in [4.78, 5) is 10.4. The number of aliphatic hydroxyl groups is 1. The van der Waals surface area contributed by atoms with Crippen LogP contribution in [0.5, 0.6) is 0 Å². The Morgan fingerprint density at radius 1 is 1.36 bits per heavy atom. The van der Waals surface area contributed by atoms with Crippen LogP contribution in [0, 0.1) is 5.92 Å². The van der Waals surface area contributed by atoms with Gasteiger partial charge in [-0.3, -0.25) is 4.79 Å². The van der Waals surface area contributed by atoms with E-state index in [-0.39, 0.29) is 6.42 Å². The van der Waals surface area contributed by atoms with Crippen molar-refractivity contribution in [2.45, 2.75) is 57.5 Å². The maximum absolute atomic E-state index is 10.4. The molecule has 1 fully saturated rings. The lowest BCUT2D eigenvalue weighted by molar-refractivity contribution is -0.139. The van der Waals surface area contributed by atoms with E-state index in [4.69, 9.17) is 5.11 Å². The van der Waals surface area contributed by atoms with E-state index >= 15 is 0 Å². The Balaban J connectivity index is 2.41. The zero-order valence-electron chi connectivity index (χ0n) is 8.83. The van der Waals surface area contributed by atoms with Crippen LogP contribution in [-0.2, 0) is 4.79 Å². The lowest BCUT2D eigenvalue weighted by Crippen LogP contribution is -2.36. The van der Waals surface area contributed by atoms with Gasteiger partial charge in [0.1, 0.15) is 0 Å². The van der Waals surface area contributed by atoms with E-state index in [1.807, 2.05) is 0 Å². The van der Waals surface area contributed by atoms with Gasteiger partial charge >= 0.3 is 5.97 Å². The van der Waals surface area contributed by atoms with Crippen LogP contribution in [0.15, 0.2) is 0 Å². The Bertz CT molecular complexity index is 193. The predicted molar refractivity (Wildman–Crippen MR) is 54.1 cm³/mol. The molecule has 1 unspecified atom stereocenters. The van der Waals surface area contributed by atoms with Crippen LogP contribution in [0.3, 0.4) is 0 Å². The molecule has 3 heteroatoms. The van der Waals surface area contributed by atoms with Crippen molar-refractivity contribution in [1.82, 2.24) is 0 Å². The molecule has 0 bridgehead atoms. The Morgan fingerprint density at radius 2 is 1.93 bits per heavy atom. The van der Waals surface area contributed by atoms with Crippen LogP contribution < -0.4 is 0 Å². The molecule has 0 amide bonds. The quantitative estimate of drug-likeness (QED) is 0.731. The standard InChI is InChI=1S/C11H20O3/c1-11(14,8-7-10(12)13)9-5-3-2-4-6-9/h9,14H,2-8H2,1H3,(H,12,13). The maximum atomic E-state index is 10.4. The van der Waals surface area contributed by atoms with Gasteiger partial charge in [-0.1, -0.05) is 19.3 Å². The summed E-state index contributed by atoms with van der Waals surface area (Å²) in [5.74, 6) is -0.517. The molecule has 0 aliphatic heterocycles. The van der Waals surface area contributed by atoms with Crippen LogP contribution in [0.2, 0.25) is 0 Å². The van der Waals surface area contributed by atoms with Crippen LogP contribution in [-0.4, -0.2) is 21.8 Å². The minimum Gasteiger partial charge on any atom is -0.481 e. The molecule has 0 aromatic carbocycles. The lowest BCUT2D eigenvalue weighted by Gasteiger charge is -2.35. The fourth-order valence-corrected chi connectivity index (χ4v) is 2.29. The molecule has 0 aromatic rings. The van der Waals surface area contributed by atoms with Crippen molar-refractivity contribution in [2.24, 2.45) is 5.92 Å². The SMILES string of the molecule is CC(O)(CCC(=O)O)C1CCCCC1. The number of aliphatic carboxylic acids is 1. The first-order chi connectivity index (χ1) is 6.52. The Labute approximate surface area is 85.1 Å². The zero-order valence-corrected chi connectivity index (χ0v) is 8.83. The van der Waals surface area contributed by atoms with E-state index in [1.165, 1.54) is 19.3 Å². The molecule has 0 heterocycles. The van der Waals surface area contributed by atoms with E-state index in [9.17, 15) is 9.90 Å². The molecule has 0 radical (unpaired) electrons. The molecule has 14 heavy (non-hydrogen) atoms. The molecule has 2 N–H and O–H groups in total. The molecule has 1 aliphatic rings. The van der Waals surface area contributed by atoms with Gasteiger partial charge in [0.2, 0.25) is 0 Å². The van der Waals surface area contributed by atoms with Crippen LogP contribution >= 0.6 is 0 Å². The van der Waals surface area contributed by atoms with E-state index in [1.54, 1.807) is 6.92 Å². The highest BCUT2D eigenvalue weighted by Gasteiger charge is 2.32. The molecule has 0 spiro atoms. The van der Waals surface area contributed by atoms with Crippen molar-refractivity contribution < 1.29 is 15.0 Å². The highest BCUT2D eigenvalue weighted by atomic mass is 16.4. The summed E-state index contributed by atoms with van der Waals surface area (Å²) in [7, 11) is 0. The van der Waals surface area contributed by atoms with E-state index in [0.29, 0.717) is 12.3 Å². The van der Waals surface area contributed by atoms with Crippen molar-refractivity contribution in [2.75, 3.05) is 0 Å². The largest absolute Gasteiger partial charge is 0.481 e. The summed E-state index contributed by atoms with van der Waals surface area (Å²) in [6.45, 7) is 1.78. The molecular formula is C11H20O3. The van der Waals surface area contributed by atoms with Crippen molar-refractivity contribution in [3.8, 4) is 0 Å². The van der Waals surface area contributed by atoms with Crippen molar-refractivity contribution in [3.63, 3.8) is 0 Å². The normalized spacial score (nSPS) is 23.0. The Morgan fingerprint density at radius 3 is 2.43 bits per heavy atom. The molecule has 1 saturated carbocycles. The van der Waals surface area contributed by atoms with Crippen molar-refractivity contribution >= 4 is 5.97 Å². The van der Waals surface area contributed by atoms with Crippen molar-refractivity contribution in [3.05, 3.63) is 0 Å². The highest BCUT2D eigenvalue weighted by molar-refractivity contribution is 5.66. The number of carboxylic acids is 1. The number of rotatable bonds is 4. The minimum absolute atomic E-state index is 0.0729. The third kappa shape index (κ3) is 3.29. The van der Waals surface area contributed by atoms with Gasteiger partial charge in [0, 0.05) is 6.42 Å². The molecule has 1 atom stereocenters. The van der Waals surface area contributed by atoms with E-state index < -0.39 is 11.6 Å². The second-order valence-electron chi connectivity index (χ2n) is 4.59. The lowest BCUT2D eigenvalue weighted by atomic mass is 9.76. The summed E-state index contributed by atoms with van der Waals surface area (Å²) in [5.41, 5.74) is -0.779. The number of hydrogen-bond acceptors (Lipinski definition) is 2. The second-order valence-corrected chi connectivity index (χ2v) is 4.59. The summed E-state index contributed by atoms with van der Waals surface area (Å²) in [6, 6.07) is 0. The van der Waals surface area contributed by atoms with Gasteiger partial charge in [-0.15, -0.1) is 0 Å². The van der Waals surface area contributed by atoms with Gasteiger partial charge in [0.05, 0.1) is 5.60 Å². The third-order valence-electron chi connectivity index (χ3n) is 3.33. The van der Waals surface area contributed by atoms with Gasteiger partial charge in [0.15, 0.2) is 0 Å². The molecule has 0 saturated heterocycles. The average molecular weight is 200 g/mol. The third-order valence-corrected chi connectivity index (χ3v) is 3.33. The van der Waals surface area contributed by atoms with Gasteiger partial charge in [-0.05, 0) is 32.1 Å². The number of carbonyl (C=O) groups is 1. The molecule has 82 valence electrons. The van der Waals surface area contributed by atoms with E-state index in [0.717, 1.165) is 12.8 Å². The highest BCUT2D eigenvalue weighted by Crippen LogP contribution is 2.35. The summed E-state index contributed by atoms with van der Waals surface area (Å²) >= 11 is 0. The minimum atomic E-state index is -0.818. The molecule has 3 nitrogen and oxygen atoms in total. The van der Waals surface area contributed by atoms with Gasteiger partial charge in [0.25, 0.3) is 0 Å². The zero-order chi connectivity index (χ0) is 10.6. The fraction of sp³-hybridized carbons (Fsp3) is 0.909. The number of hydrogen-bond donors (Lipinski definition) is 2. The number of carboxylic acid groups (broad SMARTS) is 1. The van der Waals surface area contributed by atoms with Gasteiger partial charge in [-0.2, -0.15) is 0 Å². The van der Waals surface area contributed by atoms with Crippen LogP contribution in [0.4, 0.5) is 0 Å². The predicted octanol–water partition coefficient (Wildman–Crippen LogP) is 2.18.